The van der Waals surface area contributed by atoms with Gasteiger partial charge in [-0.15, -0.1) is 0 Å². The fraction of sp³-hybridized carbons (Fsp3) is 0.361. The van der Waals surface area contributed by atoms with E-state index in [-0.39, 0.29) is 17.6 Å². The van der Waals surface area contributed by atoms with Crippen LogP contribution in [0.15, 0.2) is 72.8 Å². The molecule has 10 nitrogen and oxygen atoms in total. The second-order valence-corrected chi connectivity index (χ2v) is 10.9. The van der Waals surface area contributed by atoms with Crippen LogP contribution in [0.4, 0.5) is 16.2 Å². The number of rotatable bonds is 15. The highest BCUT2D eigenvalue weighted by Crippen LogP contribution is 2.39. The molecule has 2 N–H and O–H groups in total. The molecule has 0 spiro atoms. The summed E-state index contributed by atoms with van der Waals surface area (Å²) < 4.78 is 9.72. The van der Waals surface area contributed by atoms with Crippen LogP contribution < -0.4 is 15.4 Å². The number of hydrogen-bond donors (Lipinski definition) is 2. The number of nitrogens with zero attached hydrogens (tertiary/aromatic N) is 3. The molecule has 1 aliphatic rings. The number of fused-ring (bicyclic) bond motifs is 1. The Balaban J connectivity index is 1.61. The lowest BCUT2D eigenvalue weighted by molar-refractivity contribution is -0.110. The molecule has 3 aromatic carbocycles. The van der Waals surface area contributed by atoms with Crippen molar-refractivity contribution in [3.63, 3.8) is 0 Å². The molecular weight excluding hydrogens is 582 g/mol. The number of methoxy groups -OCH3 is 1. The van der Waals surface area contributed by atoms with Gasteiger partial charge in [-0.25, -0.2) is 4.79 Å². The van der Waals surface area contributed by atoms with Crippen LogP contribution in [-0.2, 0) is 9.53 Å². The second kappa shape index (κ2) is 16.6. The van der Waals surface area contributed by atoms with E-state index in [1.165, 1.54) is 7.11 Å². The van der Waals surface area contributed by atoms with Gasteiger partial charge in [0.25, 0.3) is 11.8 Å². The molecule has 0 fully saturated rings. The third kappa shape index (κ3) is 8.52. The molecule has 1 heterocycles. The molecule has 0 bridgehead atoms. The minimum Gasteiger partial charge on any atom is -0.437 e. The third-order valence-electron chi connectivity index (χ3n) is 8.27. The van der Waals surface area contributed by atoms with Crippen molar-refractivity contribution in [1.29, 1.82) is 0 Å². The molecule has 1 aliphatic heterocycles. The summed E-state index contributed by atoms with van der Waals surface area (Å²) in [6.45, 7) is 15.3. The van der Waals surface area contributed by atoms with Gasteiger partial charge in [0, 0.05) is 49.1 Å². The van der Waals surface area contributed by atoms with E-state index in [0.717, 1.165) is 50.5 Å². The predicted molar refractivity (Wildman–Crippen MR) is 183 cm³/mol. The lowest BCUT2D eigenvalue weighted by Crippen LogP contribution is -2.42. The van der Waals surface area contributed by atoms with Gasteiger partial charge in [-0.3, -0.25) is 9.59 Å². The maximum absolute atomic E-state index is 13.7. The average Bonchev–Trinajstić information content (AvgIpc) is 3.41. The Morgan fingerprint density at radius 3 is 1.93 bits per heavy atom. The number of amides is 2. The molecule has 0 saturated carbocycles. The van der Waals surface area contributed by atoms with Crippen LogP contribution in [-0.4, -0.2) is 92.1 Å². The van der Waals surface area contributed by atoms with Crippen LogP contribution >= 0.6 is 0 Å². The topological polar surface area (TPSA) is 103 Å². The fourth-order valence-corrected chi connectivity index (χ4v) is 5.43. The smallest absolute Gasteiger partial charge is 0.437 e. The van der Waals surface area contributed by atoms with Crippen molar-refractivity contribution < 1.29 is 23.9 Å². The summed E-state index contributed by atoms with van der Waals surface area (Å²) in [5.41, 5.74) is 4.40. The van der Waals surface area contributed by atoms with Crippen molar-refractivity contribution in [1.82, 2.24) is 14.7 Å². The molecule has 4 rings (SSSR count). The first-order valence-corrected chi connectivity index (χ1v) is 15.9. The number of nitrogens with one attached hydrogen (secondary N) is 2. The average molecular weight is 628 g/mol. The summed E-state index contributed by atoms with van der Waals surface area (Å²) in [5, 5.41) is 6.33. The van der Waals surface area contributed by atoms with Gasteiger partial charge in [0.1, 0.15) is 5.75 Å². The lowest BCUT2D eigenvalue weighted by Gasteiger charge is -2.29. The zero-order valence-corrected chi connectivity index (χ0v) is 27.5. The summed E-state index contributed by atoms with van der Waals surface area (Å²) in [6.07, 6.45) is -0.843. The minimum atomic E-state index is -0.843. The van der Waals surface area contributed by atoms with Crippen LogP contribution in [0.5, 0.6) is 5.75 Å². The number of anilines is 2. The maximum atomic E-state index is 13.7. The number of ether oxygens (including phenoxy) is 2. The Labute approximate surface area is 272 Å². The SMILES string of the molecule is CCN(CC)CCN(CCN(CC)CC)C(=O)c1ccc(N/C(=C2\C(=O)Nc3cc(OC(=O)OC)ccc32)c2ccccc2)cc1. The van der Waals surface area contributed by atoms with Crippen molar-refractivity contribution in [3.8, 4) is 5.75 Å². The van der Waals surface area contributed by atoms with E-state index in [2.05, 4.69) is 52.9 Å². The Bertz CT molecular complexity index is 1500. The van der Waals surface area contributed by atoms with Crippen molar-refractivity contribution in [2.24, 2.45) is 0 Å². The van der Waals surface area contributed by atoms with Gasteiger partial charge < -0.3 is 34.8 Å². The van der Waals surface area contributed by atoms with Gasteiger partial charge in [0.15, 0.2) is 0 Å². The van der Waals surface area contributed by atoms with Gasteiger partial charge in [-0.05, 0) is 68.1 Å². The van der Waals surface area contributed by atoms with Crippen LogP contribution in [0.1, 0.15) is 49.2 Å². The van der Waals surface area contributed by atoms with E-state index in [1.54, 1.807) is 18.2 Å². The standard InChI is InChI=1S/C36H45N5O5/c1-6-39(7-2)21-23-41(24-22-40(8-3)9-4)35(43)27-15-17-28(18-16-27)37-33(26-13-11-10-12-14-26)32-30-20-19-29(46-36(44)45-5)25-31(30)38-34(32)42/h10-20,25,37H,6-9,21-24H2,1-5H3,(H,38,42)/b33-32-. The van der Waals surface area contributed by atoms with E-state index in [9.17, 15) is 14.4 Å². The summed E-state index contributed by atoms with van der Waals surface area (Å²) in [5.74, 6) is -0.0353. The maximum Gasteiger partial charge on any atom is 0.513 e. The quantitative estimate of drug-likeness (QED) is 0.122. The summed E-state index contributed by atoms with van der Waals surface area (Å²) >= 11 is 0. The van der Waals surface area contributed by atoms with Gasteiger partial charge in [0.05, 0.1) is 24.1 Å². The molecule has 0 aromatic heterocycles. The van der Waals surface area contributed by atoms with Gasteiger partial charge in [0.2, 0.25) is 0 Å². The van der Waals surface area contributed by atoms with Crippen LogP contribution in [0.3, 0.4) is 0 Å². The molecule has 10 heteroatoms. The summed E-state index contributed by atoms with van der Waals surface area (Å²) in [6, 6.07) is 21.9. The highest BCUT2D eigenvalue weighted by atomic mass is 16.7. The number of carbonyl (C=O) groups excluding carboxylic acids is 3. The van der Waals surface area contributed by atoms with E-state index < -0.39 is 6.16 Å². The van der Waals surface area contributed by atoms with Crippen LogP contribution in [0.2, 0.25) is 0 Å². The van der Waals surface area contributed by atoms with Crippen molar-refractivity contribution in [2.75, 3.05) is 70.1 Å². The molecule has 0 unspecified atom stereocenters. The highest BCUT2D eigenvalue weighted by molar-refractivity contribution is 6.37. The van der Waals surface area contributed by atoms with E-state index in [4.69, 9.17) is 4.74 Å². The molecule has 0 aliphatic carbocycles. The van der Waals surface area contributed by atoms with Gasteiger partial charge in [-0.1, -0.05) is 58.0 Å². The Morgan fingerprint density at radius 1 is 0.761 bits per heavy atom. The van der Waals surface area contributed by atoms with E-state index in [1.807, 2.05) is 59.5 Å². The number of likely N-dealkylation sites (N-methyl/N-ethyl adjacent to an activating group) is 2. The molecule has 0 saturated heterocycles. The van der Waals surface area contributed by atoms with Crippen molar-refractivity contribution >= 4 is 40.6 Å². The Kier molecular flexibility index (Phi) is 12.3. The Morgan fingerprint density at radius 2 is 1.37 bits per heavy atom. The predicted octanol–water partition coefficient (Wildman–Crippen LogP) is 5.89. The van der Waals surface area contributed by atoms with Gasteiger partial charge >= 0.3 is 6.16 Å². The molecule has 46 heavy (non-hydrogen) atoms. The lowest BCUT2D eigenvalue weighted by atomic mass is 10.00. The first kappa shape index (κ1) is 34.2. The molecule has 0 atom stereocenters. The van der Waals surface area contributed by atoms with Gasteiger partial charge in [-0.2, -0.15) is 0 Å². The molecule has 0 radical (unpaired) electrons. The first-order valence-electron chi connectivity index (χ1n) is 15.9. The summed E-state index contributed by atoms with van der Waals surface area (Å²) in [4.78, 5) is 45.3. The molecular formula is C36H45N5O5. The fourth-order valence-electron chi connectivity index (χ4n) is 5.43. The zero-order valence-electron chi connectivity index (χ0n) is 27.5. The van der Waals surface area contributed by atoms with Crippen molar-refractivity contribution in [2.45, 2.75) is 27.7 Å². The van der Waals surface area contributed by atoms with E-state index >= 15 is 0 Å². The van der Waals surface area contributed by atoms with E-state index in [0.29, 0.717) is 41.2 Å². The number of carbonyl (C=O) groups is 3. The minimum absolute atomic E-state index is 0.00146. The number of hydrogen-bond acceptors (Lipinski definition) is 8. The first-order chi connectivity index (χ1) is 22.3. The Hall–Kier alpha value is -4.67. The molecule has 3 aromatic rings. The highest BCUT2D eigenvalue weighted by Gasteiger charge is 2.29. The van der Waals surface area contributed by atoms with Crippen molar-refractivity contribution in [3.05, 3.63) is 89.5 Å². The normalized spacial score (nSPS) is 13.3. The third-order valence-corrected chi connectivity index (χ3v) is 8.27. The van der Waals surface area contributed by atoms with Crippen LogP contribution in [0, 0.1) is 0 Å². The summed E-state index contributed by atoms with van der Waals surface area (Å²) in [7, 11) is 1.23. The number of benzene rings is 3. The monoisotopic (exact) mass is 627 g/mol. The molecule has 244 valence electrons. The second-order valence-electron chi connectivity index (χ2n) is 10.9. The van der Waals surface area contributed by atoms with Crippen LogP contribution in [0.25, 0.3) is 11.3 Å². The molecule has 2 amide bonds. The zero-order chi connectivity index (χ0) is 33.1. The largest absolute Gasteiger partial charge is 0.513 e.